The molecule has 10 heteroatoms. The molecule has 0 saturated heterocycles. The zero-order valence-electron chi connectivity index (χ0n) is 7.55. The first-order chi connectivity index (χ1) is 7.05. The van der Waals surface area contributed by atoms with E-state index in [2.05, 4.69) is 0 Å². The molecule has 0 bridgehead atoms. The van der Waals surface area contributed by atoms with Gasteiger partial charge >= 0.3 is 0 Å². The van der Waals surface area contributed by atoms with E-state index in [0.29, 0.717) is 11.5 Å². The van der Waals surface area contributed by atoms with Gasteiger partial charge in [0.15, 0.2) is 0 Å². The van der Waals surface area contributed by atoms with Crippen molar-refractivity contribution in [2.75, 3.05) is 11.5 Å². The molecule has 0 aliphatic rings. The van der Waals surface area contributed by atoms with Gasteiger partial charge in [-0.25, -0.2) is 0 Å². The van der Waals surface area contributed by atoms with E-state index in [1.54, 1.807) is 0 Å². The second-order valence-corrected chi connectivity index (χ2v) is 9.64. The summed E-state index contributed by atoms with van der Waals surface area (Å²) in [7, 11) is 0. The SMILES string of the molecule is O[C@@H](SCCS[C@H](O)C(Cl)(Cl)Cl)C(Cl)(Cl)Cl. The maximum absolute atomic E-state index is 9.33. The van der Waals surface area contributed by atoms with Crippen LogP contribution in [-0.2, 0) is 0 Å². The van der Waals surface area contributed by atoms with Crippen LogP contribution >= 0.6 is 93.1 Å². The minimum Gasteiger partial charge on any atom is -0.378 e. The average Bonchev–Trinajstić information content (AvgIpc) is 2.08. The van der Waals surface area contributed by atoms with Crippen molar-refractivity contribution in [2.24, 2.45) is 0 Å². The summed E-state index contributed by atoms with van der Waals surface area (Å²) in [5, 5.41) is 18.7. The summed E-state index contributed by atoms with van der Waals surface area (Å²) in [4.78, 5) is 0. The summed E-state index contributed by atoms with van der Waals surface area (Å²) >= 11 is 34.7. The van der Waals surface area contributed by atoms with E-state index in [9.17, 15) is 10.2 Å². The van der Waals surface area contributed by atoms with Crippen LogP contribution in [0.2, 0.25) is 0 Å². The van der Waals surface area contributed by atoms with E-state index in [1.165, 1.54) is 0 Å². The summed E-state index contributed by atoms with van der Waals surface area (Å²) in [6.07, 6.45) is 0. The Labute approximate surface area is 132 Å². The van der Waals surface area contributed by atoms with Gasteiger partial charge < -0.3 is 10.2 Å². The molecule has 0 unspecified atom stereocenters. The van der Waals surface area contributed by atoms with Gasteiger partial charge in [-0.3, -0.25) is 0 Å². The van der Waals surface area contributed by atoms with Crippen molar-refractivity contribution in [2.45, 2.75) is 18.5 Å². The highest BCUT2D eigenvalue weighted by molar-refractivity contribution is 8.03. The molecule has 0 radical (unpaired) electrons. The van der Waals surface area contributed by atoms with Gasteiger partial charge in [-0.05, 0) is 0 Å². The van der Waals surface area contributed by atoms with E-state index >= 15 is 0 Å². The lowest BCUT2D eigenvalue weighted by atomic mass is 10.8. The molecule has 0 spiro atoms. The number of halogens is 6. The molecule has 0 aromatic carbocycles. The molecule has 2 atom stereocenters. The summed E-state index contributed by atoms with van der Waals surface area (Å²) in [6.45, 7) is 0. The van der Waals surface area contributed by atoms with Crippen molar-refractivity contribution < 1.29 is 10.2 Å². The number of hydrogen-bond acceptors (Lipinski definition) is 4. The first kappa shape index (κ1) is 18.4. The topological polar surface area (TPSA) is 40.5 Å². The Hall–Kier alpha value is 2.36. The molecule has 16 heavy (non-hydrogen) atoms. The molecule has 0 heterocycles. The normalized spacial score (nSPS) is 17.2. The van der Waals surface area contributed by atoms with E-state index in [-0.39, 0.29) is 0 Å². The van der Waals surface area contributed by atoms with Gasteiger partial charge in [0, 0.05) is 11.5 Å². The summed E-state index contributed by atoms with van der Waals surface area (Å²) in [6, 6.07) is 0. The number of rotatable bonds is 5. The van der Waals surface area contributed by atoms with Crippen LogP contribution in [-0.4, -0.2) is 40.2 Å². The summed E-state index contributed by atoms with van der Waals surface area (Å²) < 4.78 is -3.47. The molecule has 0 aliphatic carbocycles. The molecule has 0 aliphatic heterocycles. The first-order valence-corrected chi connectivity index (χ1v) is 8.14. The van der Waals surface area contributed by atoms with Gasteiger partial charge in [-0.1, -0.05) is 69.6 Å². The molecule has 0 saturated carbocycles. The Morgan fingerprint density at radius 3 is 1.19 bits per heavy atom. The standard InChI is InChI=1S/C6H8Cl6O2S2/c7-5(8,9)3(13)15-1-2-16-4(14)6(10,11)12/h3-4,13-14H,1-2H2/t3-,4-/m0/s1. The smallest absolute Gasteiger partial charge is 0.225 e. The second-order valence-electron chi connectivity index (χ2n) is 2.53. The van der Waals surface area contributed by atoms with Crippen LogP contribution in [0, 0.1) is 0 Å². The number of hydrogen-bond donors (Lipinski definition) is 2. The number of thioether (sulfide) groups is 2. The fraction of sp³-hybridized carbons (Fsp3) is 1.00. The second kappa shape index (κ2) is 7.83. The molecule has 0 fully saturated rings. The van der Waals surface area contributed by atoms with Gasteiger partial charge in [0.25, 0.3) is 0 Å². The van der Waals surface area contributed by atoms with E-state index in [1.807, 2.05) is 0 Å². The summed E-state index contributed by atoms with van der Waals surface area (Å²) in [5.41, 5.74) is -2.27. The molecular weight excluding hydrogens is 381 g/mol. The molecular formula is C6H8Cl6O2S2. The molecule has 2 N–H and O–H groups in total. The minimum absolute atomic E-state index is 0.442. The quantitative estimate of drug-likeness (QED) is 0.426. The van der Waals surface area contributed by atoms with E-state index in [4.69, 9.17) is 69.6 Å². The Kier molecular flexibility index (Phi) is 8.98. The van der Waals surface area contributed by atoms with Crippen LogP contribution in [0.15, 0.2) is 0 Å². The van der Waals surface area contributed by atoms with Crippen molar-refractivity contribution in [1.82, 2.24) is 0 Å². The minimum atomic E-state index is -1.73. The molecule has 0 amide bonds. The molecule has 2 nitrogen and oxygen atoms in total. The first-order valence-electron chi connectivity index (χ1n) is 3.78. The third-order valence-corrected chi connectivity index (χ3v) is 5.69. The number of alkyl halides is 6. The molecule has 0 aromatic heterocycles. The average molecular weight is 389 g/mol. The van der Waals surface area contributed by atoms with Crippen LogP contribution in [0.5, 0.6) is 0 Å². The van der Waals surface area contributed by atoms with Crippen molar-refractivity contribution in [1.29, 1.82) is 0 Å². The zero-order valence-corrected chi connectivity index (χ0v) is 13.7. The van der Waals surface area contributed by atoms with Crippen molar-refractivity contribution in [3.05, 3.63) is 0 Å². The van der Waals surface area contributed by atoms with Crippen molar-refractivity contribution in [3.8, 4) is 0 Å². The predicted octanol–water partition coefficient (Wildman–Crippen LogP) is 3.83. The molecule has 0 rings (SSSR count). The highest BCUT2D eigenvalue weighted by Gasteiger charge is 2.32. The third kappa shape index (κ3) is 8.46. The maximum Gasteiger partial charge on any atom is 0.225 e. The lowest BCUT2D eigenvalue weighted by Gasteiger charge is -2.20. The third-order valence-electron chi connectivity index (χ3n) is 1.19. The van der Waals surface area contributed by atoms with E-state index in [0.717, 1.165) is 23.5 Å². The maximum atomic E-state index is 9.33. The van der Waals surface area contributed by atoms with Crippen LogP contribution < -0.4 is 0 Å². The van der Waals surface area contributed by atoms with Gasteiger partial charge in [0.05, 0.1) is 0 Å². The lowest BCUT2D eigenvalue weighted by Crippen LogP contribution is -2.23. The predicted molar refractivity (Wildman–Crippen MR) is 77.5 cm³/mol. The highest BCUT2D eigenvalue weighted by atomic mass is 35.6. The van der Waals surface area contributed by atoms with Gasteiger partial charge in [-0.15, -0.1) is 23.5 Å². The Balaban J connectivity index is 3.70. The number of aliphatic hydroxyl groups is 2. The Morgan fingerprint density at radius 1 is 0.750 bits per heavy atom. The number of aliphatic hydroxyl groups excluding tert-OH is 2. The van der Waals surface area contributed by atoms with Gasteiger partial charge in [0.1, 0.15) is 10.9 Å². The van der Waals surface area contributed by atoms with Crippen LogP contribution in [0.1, 0.15) is 0 Å². The Morgan fingerprint density at radius 2 is 1.00 bits per heavy atom. The molecule has 0 aromatic rings. The van der Waals surface area contributed by atoms with Gasteiger partial charge in [0.2, 0.25) is 7.59 Å². The Bertz CT molecular complexity index is 184. The van der Waals surface area contributed by atoms with E-state index < -0.39 is 18.5 Å². The van der Waals surface area contributed by atoms with Crippen molar-refractivity contribution >= 4 is 93.1 Å². The van der Waals surface area contributed by atoms with Crippen molar-refractivity contribution in [3.63, 3.8) is 0 Å². The monoisotopic (exact) mass is 386 g/mol. The molecule has 98 valence electrons. The summed E-state index contributed by atoms with van der Waals surface area (Å²) in [5.74, 6) is 0.884. The van der Waals surface area contributed by atoms with Crippen LogP contribution in [0.4, 0.5) is 0 Å². The highest BCUT2D eigenvalue weighted by Crippen LogP contribution is 2.38. The largest absolute Gasteiger partial charge is 0.378 e. The lowest BCUT2D eigenvalue weighted by molar-refractivity contribution is 0.267. The fourth-order valence-corrected chi connectivity index (χ4v) is 3.24. The fourth-order valence-electron chi connectivity index (χ4n) is 0.508. The zero-order chi connectivity index (χ0) is 13.0. The van der Waals surface area contributed by atoms with Crippen LogP contribution in [0.3, 0.4) is 0 Å². The van der Waals surface area contributed by atoms with Crippen LogP contribution in [0.25, 0.3) is 0 Å². The van der Waals surface area contributed by atoms with Gasteiger partial charge in [-0.2, -0.15) is 0 Å².